The lowest BCUT2D eigenvalue weighted by atomic mass is 10.2. The van der Waals surface area contributed by atoms with Gasteiger partial charge in [-0.2, -0.15) is 0 Å². The van der Waals surface area contributed by atoms with E-state index in [2.05, 4.69) is 21.2 Å². The number of hydrogen-bond donors (Lipinski definition) is 2. The Morgan fingerprint density at radius 1 is 1.48 bits per heavy atom. The standard InChI is InChI=1S/C13H11BrN2O5/c1-7-4-10(9(14)5-11(7)16(19)20)15-6-8-2-3-12(21-8)13(17)18/h2-5,15H,6H2,1H3,(H,17,18). The second-order valence-corrected chi connectivity index (χ2v) is 5.15. The van der Waals surface area contributed by atoms with E-state index in [-0.39, 0.29) is 18.0 Å². The molecule has 2 rings (SSSR count). The van der Waals surface area contributed by atoms with Crippen LogP contribution >= 0.6 is 15.9 Å². The zero-order valence-corrected chi connectivity index (χ0v) is 12.5. The van der Waals surface area contributed by atoms with E-state index in [0.717, 1.165) is 0 Å². The molecule has 0 bridgehead atoms. The minimum absolute atomic E-state index is 0.0265. The fourth-order valence-electron chi connectivity index (χ4n) is 1.77. The molecule has 0 fully saturated rings. The van der Waals surface area contributed by atoms with E-state index in [4.69, 9.17) is 9.52 Å². The Labute approximate surface area is 127 Å². The predicted octanol–water partition coefficient (Wildman–Crippen LogP) is 3.57. The van der Waals surface area contributed by atoms with Crippen molar-refractivity contribution in [2.75, 3.05) is 5.32 Å². The van der Waals surface area contributed by atoms with Crippen LogP contribution in [0.15, 0.2) is 33.2 Å². The molecule has 0 spiro atoms. The van der Waals surface area contributed by atoms with E-state index in [1.54, 1.807) is 19.1 Å². The summed E-state index contributed by atoms with van der Waals surface area (Å²) in [6, 6.07) is 5.99. The first-order valence-corrected chi connectivity index (χ1v) is 6.68. The molecule has 0 unspecified atom stereocenters. The van der Waals surface area contributed by atoms with Crippen molar-refractivity contribution in [1.82, 2.24) is 0 Å². The predicted molar refractivity (Wildman–Crippen MR) is 78.5 cm³/mol. The molecule has 8 heteroatoms. The number of aromatic carboxylic acids is 1. The maximum Gasteiger partial charge on any atom is 0.371 e. The molecule has 0 amide bonds. The van der Waals surface area contributed by atoms with Crippen LogP contribution in [0.25, 0.3) is 0 Å². The Morgan fingerprint density at radius 3 is 2.76 bits per heavy atom. The summed E-state index contributed by atoms with van der Waals surface area (Å²) < 4.78 is 5.66. The molecule has 7 nitrogen and oxygen atoms in total. The van der Waals surface area contributed by atoms with Crippen LogP contribution in [-0.4, -0.2) is 16.0 Å². The van der Waals surface area contributed by atoms with E-state index in [1.807, 2.05) is 0 Å². The van der Waals surface area contributed by atoms with Crippen LogP contribution in [0, 0.1) is 17.0 Å². The maximum atomic E-state index is 10.8. The fourth-order valence-corrected chi connectivity index (χ4v) is 2.24. The number of nitro benzene ring substituents is 1. The first kappa shape index (κ1) is 15.0. The average molecular weight is 355 g/mol. The zero-order chi connectivity index (χ0) is 15.6. The average Bonchev–Trinajstić information content (AvgIpc) is 2.88. The van der Waals surface area contributed by atoms with Gasteiger partial charge in [-0.05, 0) is 41.1 Å². The van der Waals surface area contributed by atoms with Crippen molar-refractivity contribution in [3.05, 3.63) is 55.9 Å². The van der Waals surface area contributed by atoms with E-state index >= 15 is 0 Å². The van der Waals surface area contributed by atoms with Gasteiger partial charge >= 0.3 is 5.97 Å². The number of carboxylic acids is 1. The van der Waals surface area contributed by atoms with Gasteiger partial charge in [0.2, 0.25) is 5.76 Å². The molecular weight excluding hydrogens is 344 g/mol. The van der Waals surface area contributed by atoms with Crippen molar-refractivity contribution in [3.63, 3.8) is 0 Å². The maximum absolute atomic E-state index is 10.8. The van der Waals surface area contributed by atoms with E-state index in [0.29, 0.717) is 21.5 Å². The van der Waals surface area contributed by atoms with Crippen LogP contribution in [0.5, 0.6) is 0 Å². The molecule has 0 aliphatic rings. The third kappa shape index (κ3) is 3.40. The number of furan rings is 1. The van der Waals surface area contributed by atoms with Crippen molar-refractivity contribution >= 4 is 33.3 Å². The highest BCUT2D eigenvalue weighted by molar-refractivity contribution is 9.10. The zero-order valence-electron chi connectivity index (χ0n) is 10.9. The minimum atomic E-state index is -1.13. The fraction of sp³-hybridized carbons (Fsp3) is 0.154. The lowest BCUT2D eigenvalue weighted by Crippen LogP contribution is -2.01. The number of aryl methyl sites for hydroxylation is 1. The molecule has 1 aromatic heterocycles. The molecule has 2 N–H and O–H groups in total. The van der Waals surface area contributed by atoms with E-state index < -0.39 is 10.9 Å². The van der Waals surface area contributed by atoms with Gasteiger partial charge < -0.3 is 14.8 Å². The Hall–Kier alpha value is -2.35. The van der Waals surface area contributed by atoms with Crippen LogP contribution in [0.3, 0.4) is 0 Å². The summed E-state index contributed by atoms with van der Waals surface area (Å²) >= 11 is 3.26. The highest BCUT2D eigenvalue weighted by atomic mass is 79.9. The number of hydrogen-bond acceptors (Lipinski definition) is 5. The topological polar surface area (TPSA) is 106 Å². The molecule has 0 saturated carbocycles. The van der Waals surface area contributed by atoms with Gasteiger partial charge in [0.05, 0.1) is 11.5 Å². The van der Waals surface area contributed by atoms with Crippen molar-refractivity contribution in [2.45, 2.75) is 13.5 Å². The third-order valence-electron chi connectivity index (χ3n) is 2.81. The van der Waals surface area contributed by atoms with E-state index in [1.165, 1.54) is 12.1 Å². The molecule has 0 radical (unpaired) electrons. The number of rotatable bonds is 5. The van der Waals surface area contributed by atoms with E-state index in [9.17, 15) is 14.9 Å². The Morgan fingerprint density at radius 2 is 2.19 bits per heavy atom. The Bertz CT molecular complexity index is 711. The highest BCUT2D eigenvalue weighted by Gasteiger charge is 2.14. The summed E-state index contributed by atoms with van der Waals surface area (Å²) in [6.07, 6.45) is 0. The molecule has 0 atom stereocenters. The number of carboxylic acid groups (broad SMARTS) is 1. The van der Waals surface area contributed by atoms with Crippen molar-refractivity contribution in [3.8, 4) is 0 Å². The minimum Gasteiger partial charge on any atom is -0.475 e. The molecule has 2 aromatic rings. The van der Waals surface area contributed by atoms with Gasteiger partial charge in [-0.25, -0.2) is 4.79 Å². The van der Waals surface area contributed by atoms with Gasteiger partial charge in [-0.3, -0.25) is 10.1 Å². The summed E-state index contributed by atoms with van der Waals surface area (Å²) in [6.45, 7) is 1.91. The van der Waals surface area contributed by atoms with Gasteiger partial charge in [0.25, 0.3) is 5.69 Å². The number of benzene rings is 1. The van der Waals surface area contributed by atoms with Gasteiger partial charge in [-0.1, -0.05) is 0 Å². The number of anilines is 1. The first-order valence-electron chi connectivity index (χ1n) is 5.89. The largest absolute Gasteiger partial charge is 0.475 e. The van der Waals surface area contributed by atoms with Crippen LogP contribution in [0.2, 0.25) is 0 Å². The van der Waals surface area contributed by atoms with Gasteiger partial charge in [0.1, 0.15) is 5.76 Å². The third-order valence-corrected chi connectivity index (χ3v) is 3.46. The smallest absolute Gasteiger partial charge is 0.371 e. The molecule has 21 heavy (non-hydrogen) atoms. The molecule has 1 aromatic carbocycles. The monoisotopic (exact) mass is 354 g/mol. The summed E-state index contributed by atoms with van der Waals surface area (Å²) in [5.74, 6) is -0.810. The first-order chi connectivity index (χ1) is 9.88. The van der Waals surface area contributed by atoms with Crippen molar-refractivity contribution in [2.24, 2.45) is 0 Å². The van der Waals surface area contributed by atoms with Crippen LogP contribution in [0.4, 0.5) is 11.4 Å². The molecular formula is C13H11BrN2O5. The van der Waals surface area contributed by atoms with Gasteiger partial charge in [0, 0.05) is 21.8 Å². The number of nitrogens with zero attached hydrogens (tertiary/aromatic N) is 1. The molecule has 110 valence electrons. The molecule has 1 heterocycles. The Balaban J connectivity index is 2.14. The van der Waals surface area contributed by atoms with Crippen LogP contribution in [0.1, 0.15) is 21.9 Å². The van der Waals surface area contributed by atoms with Gasteiger partial charge in [-0.15, -0.1) is 0 Å². The summed E-state index contributed by atoms with van der Waals surface area (Å²) in [7, 11) is 0. The quantitative estimate of drug-likeness (QED) is 0.627. The number of halogens is 1. The summed E-state index contributed by atoms with van der Waals surface area (Å²) in [5.41, 5.74) is 1.21. The molecule has 0 aliphatic heterocycles. The second-order valence-electron chi connectivity index (χ2n) is 4.30. The van der Waals surface area contributed by atoms with Crippen molar-refractivity contribution in [1.29, 1.82) is 0 Å². The van der Waals surface area contributed by atoms with Crippen molar-refractivity contribution < 1.29 is 19.2 Å². The SMILES string of the molecule is Cc1cc(NCc2ccc(C(=O)O)o2)c(Br)cc1[N+](=O)[O-]. The number of nitro groups is 1. The summed E-state index contributed by atoms with van der Waals surface area (Å²) in [4.78, 5) is 21.1. The van der Waals surface area contributed by atoms with Crippen LogP contribution in [-0.2, 0) is 6.54 Å². The normalized spacial score (nSPS) is 10.4. The van der Waals surface area contributed by atoms with Crippen LogP contribution < -0.4 is 5.32 Å². The number of nitrogens with one attached hydrogen (secondary N) is 1. The lowest BCUT2D eigenvalue weighted by Gasteiger charge is -2.08. The molecule has 0 aliphatic carbocycles. The Kier molecular flexibility index (Phi) is 4.27. The lowest BCUT2D eigenvalue weighted by molar-refractivity contribution is -0.385. The number of carbonyl (C=O) groups is 1. The summed E-state index contributed by atoms with van der Waals surface area (Å²) in [5, 5.41) is 22.6. The highest BCUT2D eigenvalue weighted by Crippen LogP contribution is 2.31. The second kappa shape index (κ2) is 5.96. The molecule has 0 saturated heterocycles. The van der Waals surface area contributed by atoms with Gasteiger partial charge in [0.15, 0.2) is 0 Å².